The van der Waals surface area contributed by atoms with Gasteiger partial charge in [-0.15, -0.1) is 0 Å². The van der Waals surface area contributed by atoms with Crippen molar-refractivity contribution in [3.05, 3.63) is 53.5 Å². The highest BCUT2D eigenvalue weighted by molar-refractivity contribution is 5.60. The maximum Gasteiger partial charge on any atom is 0.117 e. The van der Waals surface area contributed by atoms with Crippen LogP contribution in [-0.2, 0) is 20.1 Å². The van der Waals surface area contributed by atoms with E-state index in [9.17, 15) is 0 Å². The summed E-state index contributed by atoms with van der Waals surface area (Å²) in [7, 11) is 1.95. The van der Waals surface area contributed by atoms with Crippen molar-refractivity contribution in [2.24, 2.45) is 7.05 Å². The van der Waals surface area contributed by atoms with Crippen LogP contribution in [0.15, 0.2) is 36.5 Å². The van der Waals surface area contributed by atoms with Gasteiger partial charge in [-0.25, -0.2) is 0 Å². The molecule has 0 radical (unpaired) electrons. The van der Waals surface area contributed by atoms with Gasteiger partial charge in [0.2, 0.25) is 0 Å². The second kappa shape index (κ2) is 5.88. The molecule has 1 aromatic carbocycles. The lowest BCUT2D eigenvalue weighted by Gasteiger charge is -2.04. The smallest absolute Gasteiger partial charge is 0.117 e. The van der Waals surface area contributed by atoms with Crippen LogP contribution in [0.5, 0.6) is 0 Å². The normalized spacial score (nSPS) is 11.0. The second-order valence-corrected chi connectivity index (χ2v) is 4.97. The van der Waals surface area contributed by atoms with Crippen LogP contribution < -0.4 is 5.32 Å². The van der Waals surface area contributed by atoms with Crippen molar-refractivity contribution >= 4 is 0 Å². The molecule has 2 aromatic heterocycles. The zero-order valence-corrected chi connectivity index (χ0v) is 12.2. The van der Waals surface area contributed by atoms with Crippen LogP contribution in [0.4, 0.5) is 0 Å². The molecule has 0 amide bonds. The Hall–Kier alpha value is -2.47. The van der Waals surface area contributed by atoms with Gasteiger partial charge in [0.15, 0.2) is 0 Å². The van der Waals surface area contributed by atoms with Crippen LogP contribution in [0, 0.1) is 6.92 Å². The monoisotopic (exact) mass is 282 g/mol. The van der Waals surface area contributed by atoms with E-state index in [0.717, 1.165) is 23.5 Å². The van der Waals surface area contributed by atoms with Crippen molar-refractivity contribution in [1.29, 1.82) is 0 Å². The highest BCUT2D eigenvalue weighted by atomic mass is 15.3. The van der Waals surface area contributed by atoms with Gasteiger partial charge >= 0.3 is 0 Å². The first-order chi connectivity index (χ1) is 10.3. The van der Waals surface area contributed by atoms with E-state index in [1.807, 2.05) is 48.3 Å². The lowest BCUT2D eigenvalue weighted by atomic mass is 10.1. The summed E-state index contributed by atoms with van der Waals surface area (Å²) >= 11 is 0. The number of nitrogens with zero attached hydrogens (tertiary/aromatic N) is 4. The average Bonchev–Trinajstić information content (AvgIpc) is 3.10. The fraction of sp³-hybridized carbons (Fsp3) is 0.267. The van der Waals surface area contributed by atoms with Gasteiger partial charge in [0, 0.05) is 37.0 Å². The van der Waals surface area contributed by atoms with Crippen molar-refractivity contribution in [3.8, 4) is 11.3 Å². The minimum atomic E-state index is 0.662. The van der Waals surface area contributed by atoms with E-state index in [1.165, 1.54) is 11.3 Å². The molecule has 0 spiro atoms. The average molecular weight is 282 g/mol. The van der Waals surface area contributed by atoms with Gasteiger partial charge in [-0.1, -0.05) is 30.3 Å². The molecule has 3 aromatic rings. The van der Waals surface area contributed by atoms with Gasteiger partial charge in [0.05, 0.1) is 6.20 Å². The van der Waals surface area contributed by atoms with Crippen molar-refractivity contribution < 1.29 is 0 Å². The number of benzene rings is 1. The molecule has 0 atom stereocenters. The second-order valence-electron chi connectivity index (χ2n) is 4.97. The molecule has 3 rings (SSSR count). The fourth-order valence-electron chi connectivity index (χ4n) is 2.24. The van der Waals surface area contributed by atoms with Crippen LogP contribution in [0.25, 0.3) is 11.3 Å². The van der Waals surface area contributed by atoms with E-state index in [4.69, 9.17) is 0 Å². The molecule has 0 saturated heterocycles. The minimum Gasteiger partial charge on any atom is -0.307 e. The van der Waals surface area contributed by atoms with E-state index in [0.29, 0.717) is 6.54 Å². The first-order valence-electron chi connectivity index (χ1n) is 6.89. The molecule has 0 aliphatic heterocycles. The summed E-state index contributed by atoms with van der Waals surface area (Å²) in [4.78, 5) is 0. The summed E-state index contributed by atoms with van der Waals surface area (Å²) in [6.07, 6.45) is 1.89. The van der Waals surface area contributed by atoms with E-state index in [2.05, 4.69) is 32.7 Å². The largest absolute Gasteiger partial charge is 0.307 e. The highest BCUT2D eigenvalue weighted by Gasteiger charge is 2.10. The number of nitrogens with one attached hydrogen (secondary N) is 2. The zero-order chi connectivity index (χ0) is 14.7. The minimum absolute atomic E-state index is 0.662. The molecule has 2 N–H and O–H groups in total. The summed E-state index contributed by atoms with van der Waals surface area (Å²) in [6.45, 7) is 3.49. The van der Waals surface area contributed by atoms with E-state index >= 15 is 0 Å². The van der Waals surface area contributed by atoms with Gasteiger partial charge in [-0.3, -0.25) is 4.68 Å². The van der Waals surface area contributed by atoms with Gasteiger partial charge in [-0.05, 0) is 6.92 Å². The molecular weight excluding hydrogens is 264 g/mol. The van der Waals surface area contributed by atoms with Crippen molar-refractivity contribution in [2.45, 2.75) is 20.0 Å². The lowest BCUT2D eigenvalue weighted by molar-refractivity contribution is 0.671. The van der Waals surface area contributed by atoms with Gasteiger partial charge < -0.3 is 5.32 Å². The van der Waals surface area contributed by atoms with E-state index < -0.39 is 0 Å². The molecule has 0 saturated carbocycles. The first kappa shape index (κ1) is 13.5. The Kier molecular flexibility index (Phi) is 3.79. The SMILES string of the molecule is Cc1c(CNCc2n[nH]nc2-c2ccccc2)cnn1C. The molecule has 108 valence electrons. The van der Waals surface area contributed by atoms with Crippen LogP contribution in [0.2, 0.25) is 0 Å². The Morgan fingerprint density at radius 1 is 1.14 bits per heavy atom. The standard InChI is InChI=1S/C15H18N6/c1-11-13(9-17-21(11)2)8-16-10-14-15(19-20-18-14)12-6-4-3-5-7-12/h3-7,9,16H,8,10H2,1-2H3,(H,18,19,20). The third-order valence-corrected chi connectivity index (χ3v) is 3.61. The summed E-state index contributed by atoms with van der Waals surface area (Å²) in [6, 6.07) is 10.1. The van der Waals surface area contributed by atoms with Crippen LogP contribution in [-0.4, -0.2) is 25.2 Å². The summed E-state index contributed by atoms with van der Waals surface area (Å²) < 4.78 is 1.88. The van der Waals surface area contributed by atoms with Crippen LogP contribution >= 0.6 is 0 Å². The quantitative estimate of drug-likeness (QED) is 0.748. The molecule has 6 nitrogen and oxygen atoms in total. The molecule has 21 heavy (non-hydrogen) atoms. The van der Waals surface area contributed by atoms with Crippen LogP contribution in [0.1, 0.15) is 17.0 Å². The Labute approximate surface area is 123 Å². The molecule has 0 unspecified atom stereocenters. The fourth-order valence-corrected chi connectivity index (χ4v) is 2.24. The number of hydrogen-bond donors (Lipinski definition) is 2. The van der Waals surface area contributed by atoms with Crippen LogP contribution in [0.3, 0.4) is 0 Å². The van der Waals surface area contributed by atoms with Gasteiger partial charge in [0.25, 0.3) is 0 Å². The zero-order valence-electron chi connectivity index (χ0n) is 12.2. The predicted octanol–water partition coefficient (Wildman–Crippen LogP) is 1.80. The van der Waals surface area contributed by atoms with E-state index in [-0.39, 0.29) is 0 Å². The highest BCUT2D eigenvalue weighted by Crippen LogP contribution is 2.18. The van der Waals surface area contributed by atoms with Gasteiger partial charge in [0.1, 0.15) is 11.4 Å². The van der Waals surface area contributed by atoms with E-state index in [1.54, 1.807) is 0 Å². The molecule has 6 heteroatoms. The maximum absolute atomic E-state index is 4.24. The lowest BCUT2D eigenvalue weighted by Crippen LogP contribution is -2.14. The topological polar surface area (TPSA) is 71.4 Å². The summed E-state index contributed by atoms with van der Waals surface area (Å²) in [5, 5.41) is 18.8. The Morgan fingerprint density at radius 3 is 2.67 bits per heavy atom. The molecule has 0 aliphatic carbocycles. The molecule has 0 aliphatic rings. The molecule has 0 bridgehead atoms. The van der Waals surface area contributed by atoms with Crippen molar-refractivity contribution in [1.82, 2.24) is 30.5 Å². The Bertz CT molecular complexity index is 713. The molecule has 0 fully saturated rings. The summed E-state index contributed by atoms with van der Waals surface area (Å²) in [5.41, 5.74) is 5.25. The molecular formula is C15H18N6. The Balaban J connectivity index is 1.67. The number of hydrogen-bond acceptors (Lipinski definition) is 4. The van der Waals surface area contributed by atoms with Crippen molar-refractivity contribution in [2.75, 3.05) is 0 Å². The Morgan fingerprint density at radius 2 is 1.95 bits per heavy atom. The number of H-pyrrole nitrogens is 1. The maximum atomic E-state index is 4.24. The predicted molar refractivity (Wildman–Crippen MR) is 80.3 cm³/mol. The van der Waals surface area contributed by atoms with Crippen molar-refractivity contribution in [3.63, 3.8) is 0 Å². The first-order valence-corrected chi connectivity index (χ1v) is 6.89. The third kappa shape index (κ3) is 2.85. The third-order valence-electron chi connectivity index (χ3n) is 3.61. The number of rotatable bonds is 5. The molecule has 2 heterocycles. The number of aromatic amines is 1. The summed E-state index contributed by atoms with van der Waals surface area (Å²) in [5.74, 6) is 0. The number of aryl methyl sites for hydroxylation is 1. The number of aromatic nitrogens is 5. The van der Waals surface area contributed by atoms with Gasteiger partial charge in [-0.2, -0.15) is 20.5 Å².